The Bertz CT molecular complexity index is 407. The fourth-order valence-corrected chi connectivity index (χ4v) is 1.80. The van der Waals surface area contributed by atoms with Crippen molar-refractivity contribution in [1.29, 1.82) is 0 Å². The number of nitrogens with zero attached hydrogens (tertiary/aromatic N) is 3. The maximum atomic E-state index is 11.9. The van der Waals surface area contributed by atoms with Crippen LogP contribution in [-0.4, -0.2) is 41.2 Å². The van der Waals surface area contributed by atoms with Crippen molar-refractivity contribution in [3.8, 4) is 0 Å². The van der Waals surface area contributed by atoms with Crippen molar-refractivity contribution < 1.29 is 9.53 Å². The standard InChI is InChI=1S/C13H25N5O2/c1-4-6-11(14)12-9-18(17-16-12)10(2)13(19)15-7-5-8-20-3/h9-11H,4-8,14H2,1-3H3,(H,15,19). The largest absolute Gasteiger partial charge is 0.385 e. The molecule has 2 atom stereocenters. The first-order valence-electron chi connectivity index (χ1n) is 7.04. The molecular weight excluding hydrogens is 258 g/mol. The highest BCUT2D eigenvalue weighted by Gasteiger charge is 2.18. The van der Waals surface area contributed by atoms with Gasteiger partial charge in [-0.05, 0) is 19.8 Å². The maximum absolute atomic E-state index is 11.9. The number of carbonyl (C=O) groups excluding carboxylic acids is 1. The highest BCUT2D eigenvalue weighted by Crippen LogP contribution is 2.14. The number of hydrogen-bond donors (Lipinski definition) is 2. The molecule has 7 nitrogen and oxygen atoms in total. The second-order valence-electron chi connectivity index (χ2n) is 4.83. The van der Waals surface area contributed by atoms with Crippen LogP contribution in [0.25, 0.3) is 0 Å². The summed E-state index contributed by atoms with van der Waals surface area (Å²) in [5.41, 5.74) is 6.71. The second-order valence-corrected chi connectivity index (χ2v) is 4.83. The molecule has 0 bridgehead atoms. The van der Waals surface area contributed by atoms with E-state index in [9.17, 15) is 4.79 Å². The number of aromatic nitrogens is 3. The van der Waals surface area contributed by atoms with Crippen LogP contribution in [0.2, 0.25) is 0 Å². The molecule has 1 aromatic rings. The van der Waals surface area contributed by atoms with Crippen LogP contribution in [-0.2, 0) is 9.53 Å². The number of carbonyl (C=O) groups is 1. The summed E-state index contributed by atoms with van der Waals surface area (Å²) in [6.07, 6.45) is 4.39. The van der Waals surface area contributed by atoms with Crippen LogP contribution >= 0.6 is 0 Å². The molecule has 2 unspecified atom stereocenters. The first kappa shape index (κ1) is 16.6. The third-order valence-corrected chi connectivity index (χ3v) is 3.11. The first-order chi connectivity index (χ1) is 9.60. The van der Waals surface area contributed by atoms with Gasteiger partial charge in [0.25, 0.3) is 0 Å². The van der Waals surface area contributed by atoms with Crippen molar-refractivity contribution >= 4 is 5.91 Å². The molecule has 1 heterocycles. The molecule has 0 radical (unpaired) electrons. The molecule has 1 amide bonds. The van der Waals surface area contributed by atoms with E-state index in [0.717, 1.165) is 25.0 Å². The van der Waals surface area contributed by atoms with Crippen molar-refractivity contribution in [3.05, 3.63) is 11.9 Å². The lowest BCUT2D eigenvalue weighted by molar-refractivity contribution is -0.124. The van der Waals surface area contributed by atoms with Crippen molar-refractivity contribution in [1.82, 2.24) is 20.3 Å². The summed E-state index contributed by atoms with van der Waals surface area (Å²) >= 11 is 0. The molecular formula is C13H25N5O2. The van der Waals surface area contributed by atoms with Gasteiger partial charge in [0.15, 0.2) is 0 Å². The Labute approximate surface area is 119 Å². The summed E-state index contributed by atoms with van der Waals surface area (Å²) < 4.78 is 6.48. The zero-order chi connectivity index (χ0) is 15.0. The topological polar surface area (TPSA) is 95.1 Å². The summed E-state index contributed by atoms with van der Waals surface area (Å²) in [6.45, 7) is 5.08. The predicted octanol–water partition coefficient (Wildman–Crippen LogP) is 0.792. The quantitative estimate of drug-likeness (QED) is 0.653. The van der Waals surface area contributed by atoms with E-state index in [-0.39, 0.29) is 11.9 Å². The van der Waals surface area contributed by atoms with Gasteiger partial charge in [-0.15, -0.1) is 5.10 Å². The Morgan fingerprint density at radius 2 is 2.35 bits per heavy atom. The summed E-state index contributed by atoms with van der Waals surface area (Å²) in [4.78, 5) is 11.9. The minimum absolute atomic E-state index is 0.0818. The lowest BCUT2D eigenvalue weighted by Crippen LogP contribution is -2.32. The average molecular weight is 283 g/mol. The van der Waals surface area contributed by atoms with Crippen LogP contribution in [0.4, 0.5) is 0 Å². The smallest absolute Gasteiger partial charge is 0.244 e. The van der Waals surface area contributed by atoms with Crippen LogP contribution in [0.5, 0.6) is 0 Å². The molecule has 0 fully saturated rings. The van der Waals surface area contributed by atoms with E-state index in [4.69, 9.17) is 10.5 Å². The van der Waals surface area contributed by atoms with E-state index in [0.29, 0.717) is 13.2 Å². The Morgan fingerprint density at radius 3 is 3.00 bits per heavy atom. The van der Waals surface area contributed by atoms with Gasteiger partial charge in [-0.2, -0.15) is 0 Å². The average Bonchev–Trinajstić information content (AvgIpc) is 2.92. The zero-order valence-electron chi connectivity index (χ0n) is 12.5. The van der Waals surface area contributed by atoms with Gasteiger partial charge >= 0.3 is 0 Å². The van der Waals surface area contributed by atoms with E-state index >= 15 is 0 Å². The van der Waals surface area contributed by atoms with Crippen LogP contribution in [0.3, 0.4) is 0 Å². The summed E-state index contributed by atoms with van der Waals surface area (Å²) in [5, 5.41) is 10.9. The second kappa shape index (κ2) is 8.65. The molecule has 0 aliphatic heterocycles. The summed E-state index contributed by atoms with van der Waals surface area (Å²) in [7, 11) is 1.64. The van der Waals surface area contributed by atoms with Gasteiger partial charge in [0, 0.05) is 20.3 Å². The molecule has 3 N–H and O–H groups in total. The Balaban J connectivity index is 2.50. The number of nitrogens with one attached hydrogen (secondary N) is 1. The van der Waals surface area contributed by atoms with Gasteiger partial charge in [-0.3, -0.25) is 4.79 Å². The van der Waals surface area contributed by atoms with Crippen molar-refractivity contribution in [2.24, 2.45) is 5.73 Å². The molecule has 0 aromatic carbocycles. The molecule has 7 heteroatoms. The molecule has 114 valence electrons. The van der Waals surface area contributed by atoms with Gasteiger partial charge in [0.2, 0.25) is 5.91 Å². The van der Waals surface area contributed by atoms with Gasteiger partial charge in [0.05, 0.1) is 17.9 Å². The zero-order valence-corrected chi connectivity index (χ0v) is 12.5. The number of hydrogen-bond acceptors (Lipinski definition) is 5. The SMILES string of the molecule is CCCC(N)c1cn(C(C)C(=O)NCCCOC)nn1. The molecule has 20 heavy (non-hydrogen) atoms. The highest BCUT2D eigenvalue weighted by molar-refractivity contribution is 5.79. The molecule has 1 rings (SSSR count). The lowest BCUT2D eigenvalue weighted by atomic mass is 10.1. The first-order valence-corrected chi connectivity index (χ1v) is 7.04. The summed E-state index contributed by atoms with van der Waals surface area (Å²) in [5.74, 6) is -0.0818. The Hall–Kier alpha value is -1.47. The van der Waals surface area contributed by atoms with E-state index in [1.165, 1.54) is 0 Å². The Morgan fingerprint density at radius 1 is 1.60 bits per heavy atom. The van der Waals surface area contributed by atoms with Crippen molar-refractivity contribution in [2.45, 2.75) is 45.2 Å². The van der Waals surface area contributed by atoms with Crippen LogP contribution in [0.15, 0.2) is 6.20 Å². The lowest BCUT2D eigenvalue weighted by Gasteiger charge is -2.11. The number of methoxy groups -OCH3 is 1. The fourth-order valence-electron chi connectivity index (χ4n) is 1.80. The number of rotatable bonds is 9. The number of amides is 1. The van der Waals surface area contributed by atoms with Gasteiger partial charge < -0.3 is 15.8 Å². The van der Waals surface area contributed by atoms with Gasteiger partial charge in [0.1, 0.15) is 6.04 Å². The van der Waals surface area contributed by atoms with Crippen molar-refractivity contribution in [2.75, 3.05) is 20.3 Å². The van der Waals surface area contributed by atoms with E-state index in [2.05, 4.69) is 22.6 Å². The third-order valence-electron chi connectivity index (χ3n) is 3.11. The predicted molar refractivity (Wildman–Crippen MR) is 76.1 cm³/mol. The molecule has 0 aliphatic carbocycles. The number of nitrogens with two attached hydrogens (primary N) is 1. The highest BCUT2D eigenvalue weighted by atomic mass is 16.5. The van der Waals surface area contributed by atoms with Crippen LogP contribution in [0.1, 0.15) is 50.9 Å². The molecule has 0 aliphatic rings. The minimum Gasteiger partial charge on any atom is -0.385 e. The van der Waals surface area contributed by atoms with Crippen molar-refractivity contribution in [3.63, 3.8) is 0 Å². The maximum Gasteiger partial charge on any atom is 0.244 e. The molecule has 0 spiro atoms. The molecule has 0 saturated carbocycles. The van der Waals surface area contributed by atoms with E-state index in [1.807, 2.05) is 0 Å². The number of ether oxygens (including phenoxy) is 1. The monoisotopic (exact) mass is 283 g/mol. The van der Waals surface area contributed by atoms with Crippen LogP contribution < -0.4 is 11.1 Å². The molecule has 1 aromatic heterocycles. The van der Waals surface area contributed by atoms with E-state index in [1.54, 1.807) is 24.9 Å². The third kappa shape index (κ3) is 4.90. The Kier molecular flexibility index (Phi) is 7.17. The molecule has 0 saturated heterocycles. The van der Waals surface area contributed by atoms with E-state index < -0.39 is 6.04 Å². The fraction of sp³-hybridized carbons (Fsp3) is 0.769. The summed E-state index contributed by atoms with van der Waals surface area (Å²) in [6, 6.07) is -0.515. The van der Waals surface area contributed by atoms with Crippen LogP contribution in [0, 0.1) is 0 Å². The minimum atomic E-state index is -0.396. The van der Waals surface area contributed by atoms with Gasteiger partial charge in [-0.25, -0.2) is 4.68 Å². The normalized spacial score (nSPS) is 14.0. The van der Waals surface area contributed by atoms with Gasteiger partial charge in [-0.1, -0.05) is 18.6 Å².